The van der Waals surface area contributed by atoms with Gasteiger partial charge in [0.05, 0.1) is 16.5 Å². The van der Waals surface area contributed by atoms with E-state index in [0.717, 1.165) is 15.4 Å². The van der Waals surface area contributed by atoms with Crippen LogP contribution in [0.25, 0.3) is 0 Å². The van der Waals surface area contributed by atoms with E-state index in [4.69, 9.17) is 16.3 Å². The van der Waals surface area contributed by atoms with E-state index in [1.807, 2.05) is 19.1 Å². The second-order valence-electron chi connectivity index (χ2n) is 7.46. The summed E-state index contributed by atoms with van der Waals surface area (Å²) in [6.07, 6.45) is 0. The van der Waals surface area contributed by atoms with Crippen LogP contribution in [0.5, 0.6) is 5.75 Å². The maximum absolute atomic E-state index is 12.9. The van der Waals surface area contributed by atoms with Gasteiger partial charge in [0.1, 0.15) is 12.4 Å². The summed E-state index contributed by atoms with van der Waals surface area (Å²) in [4.78, 5) is 13.1. The third-order valence-electron chi connectivity index (χ3n) is 4.95. The number of rotatable bonds is 8. The van der Waals surface area contributed by atoms with Gasteiger partial charge in [0, 0.05) is 19.1 Å². The van der Waals surface area contributed by atoms with Gasteiger partial charge in [-0.15, -0.1) is 0 Å². The van der Waals surface area contributed by atoms with Crippen molar-refractivity contribution in [1.29, 1.82) is 0 Å². The van der Waals surface area contributed by atoms with E-state index in [1.165, 1.54) is 26.2 Å². The molecule has 0 saturated carbocycles. The van der Waals surface area contributed by atoms with Gasteiger partial charge in [0.25, 0.3) is 5.91 Å². The molecule has 0 saturated heterocycles. The SMILES string of the molecule is CC(NC(=O)c1ccccc1OCc1ccc(Cl)cc1)c1ccc(S(=O)(=O)N(C)C)cc1. The number of halogens is 1. The number of nitrogens with zero attached hydrogens (tertiary/aromatic N) is 1. The molecule has 0 aliphatic heterocycles. The molecule has 0 aliphatic carbocycles. The molecule has 0 aromatic heterocycles. The van der Waals surface area contributed by atoms with Crippen molar-refractivity contribution < 1.29 is 17.9 Å². The number of hydrogen-bond donors (Lipinski definition) is 1. The van der Waals surface area contributed by atoms with Gasteiger partial charge in [-0.3, -0.25) is 4.79 Å². The summed E-state index contributed by atoms with van der Waals surface area (Å²) >= 11 is 5.91. The summed E-state index contributed by atoms with van der Waals surface area (Å²) in [6, 6.07) is 20.5. The van der Waals surface area contributed by atoms with Gasteiger partial charge < -0.3 is 10.1 Å². The Bertz CT molecular complexity index is 1180. The molecular weight excluding hydrogens is 448 g/mol. The molecule has 1 unspecified atom stereocenters. The first-order valence-electron chi connectivity index (χ1n) is 9.98. The van der Waals surface area contributed by atoms with E-state index >= 15 is 0 Å². The Labute approximate surface area is 193 Å². The Morgan fingerprint density at radius 3 is 2.25 bits per heavy atom. The molecule has 1 amide bonds. The molecule has 6 nitrogen and oxygen atoms in total. The molecule has 0 aliphatic rings. The van der Waals surface area contributed by atoms with Crippen molar-refractivity contribution in [2.75, 3.05) is 14.1 Å². The fourth-order valence-corrected chi connectivity index (χ4v) is 4.05. The summed E-state index contributed by atoms with van der Waals surface area (Å²) in [6.45, 7) is 2.14. The third-order valence-corrected chi connectivity index (χ3v) is 7.03. The summed E-state index contributed by atoms with van der Waals surface area (Å²) < 4.78 is 31.5. The molecule has 3 aromatic carbocycles. The van der Waals surface area contributed by atoms with Crippen LogP contribution in [0.15, 0.2) is 77.7 Å². The first kappa shape index (κ1) is 23.8. The summed E-state index contributed by atoms with van der Waals surface area (Å²) in [5.74, 6) is 0.189. The molecule has 3 aromatic rings. The highest BCUT2D eigenvalue weighted by Crippen LogP contribution is 2.22. The van der Waals surface area contributed by atoms with Gasteiger partial charge in [0.15, 0.2) is 0 Å². The molecule has 8 heteroatoms. The van der Waals surface area contributed by atoms with Gasteiger partial charge in [0.2, 0.25) is 10.0 Å². The number of hydrogen-bond acceptors (Lipinski definition) is 4. The minimum Gasteiger partial charge on any atom is -0.488 e. The monoisotopic (exact) mass is 472 g/mol. The maximum atomic E-state index is 12.9. The van der Waals surface area contributed by atoms with Gasteiger partial charge in [-0.1, -0.05) is 48.0 Å². The second kappa shape index (κ2) is 10.2. The van der Waals surface area contributed by atoms with Crippen LogP contribution in [0, 0.1) is 0 Å². The highest BCUT2D eigenvalue weighted by Gasteiger charge is 2.19. The number of amides is 1. The smallest absolute Gasteiger partial charge is 0.255 e. The van der Waals surface area contributed by atoms with Crippen LogP contribution in [0.2, 0.25) is 5.02 Å². The standard InChI is InChI=1S/C24H25ClN2O4S/c1-17(19-10-14-21(15-11-19)32(29,30)27(2)3)26-24(28)22-6-4-5-7-23(22)31-16-18-8-12-20(25)13-9-18/h4-15,17H,16H2,1-3H3,(H,26,28). The Balaban J connectivity index is 1.69. The Morgan fingerprint density at radius 1 is 1.00 bits per heavy atom. The minimum absolute atomic E-state index is 0.200. The second-order valence-corrected chi connectivity index (χ2v) is 10.1. The summed E-state index contributed by atoms with van der Waals surface area (Å²) in [5.41, 5.74) is 2.14. The van der Waals surface area contributed by atoms with Crippen molar-refractivity contribution in [3.8, 4) is 5.75 Å². The zero-order chi connectivity index (χ0) is 23.3. The quantitative estimate of drug-likeness (QED) is 0.517. The zero-order valence-corrected chi connectivity index (χ0v) is 19.7. The highest BCUT2D eigenvalue weighted by molar-refractivity contribution is 7.89. The Kier molecular flexibility index (Phi) is 7.56. The van der Waals surface area contributed by atoms with Crippen LogP contribution in [-0.2, 0) is 16.6 Å². The van der Waals surface area contributed by atoms with Gasteiger partial charge in [-0.05, 0) is 54.4 Å². The van der Waals surface area contributed by atoms with Crippen LogP contribution >= 0.6 is 11.6 Å². The average Bonchev–Trinajstić information content (AvgIpc) is 2.78. The van der Waals surface area contributed by atoms with E-state index in [1.54, 1.807) is 48.5 Å². The summed E-state index contributed by atoms with van der Waals surface area (Å²) in [5, 5.41) is 3.59. The molecule has 0 heterocycles. The molecule has 1 N–H and O–H groups in total. The van der Waals surface area contributed by atoms with E-state index in [9.17, 15) is 13.2 Å². The lowest BCUT2D eigenvalue weighted by molar-refractivity contribution is 0.0935. The number of nitrogens with one attached hydrogen (secondary N) is 1. The first-order valence-corrected chi connectivity index (χ1v) is 11.8. The Hall–Kier alpha value is -2.87. The van der Waals surface area contributed by atoms with Crippen LogP contribution < -0.4 is 10.1 Å². The lowest BCUT2D eigenvalue weighted by Gasteiger charge is -2.17. The largest absolute Gasteiger partial charge is 0.488 e. The maximum Gasteiger partial charge on any atom is 0.255 e. The van der Waals surface area contributed by atoms with Crippen LogP contribution in [0.4, 0.5) is 0 Å². The van der Waals surface area contributed by atoms with Crippen molar-refractivity contribution in [3.63, 3.8) is 0 Å². The molecule has 0 radical (unpaired) electrons. The molecule has 0 spiro atoms. The highest BCUT2D eigenvalue weighted by atomic mass is 35.5. The van der Waals surface area contributed by atoms with Crippen LogP contribution in [0.3, 0.4) is 0 Å². The molecule has 32 heavy (non-hydrogen) atoms. The van der Waals surface area contributed by atoms with Crippen molar-refractivity contribution in [2.45, 2.75) is 24.5 Å². The third kappa shape index (κ3) is 5.68. The average molecular weight is 473 g/mol. The van der Waals surface area contributed by atoms with Crippen molar-refractivity contribution in [2.24, 2.45) is 0 Å². The normalized spacial score (nSPS) is 12.4. The molecule has 0 bridgehead atoms. The molecule has 1 atom stereocenters. The van der Waals surface area contributed by atoms with E-state index < -0.39 is 10.0 Å². The molecule has 168 valence electrons. The molecule has 0 fully saturated rings. The van der Waals surface area contributed by atoms with Crippen molar-refractivity contribution in [3.05, 3.63) is 94.5 Å². The minimum atomic E-state index is -3.50. The number of carbonyl (C=O) groups is 1. The fourth-order valence-electron chi connectivity index (χ4n) is 3.02. The number of benzene rings is 3. The lowest BCUT2D eigenvalue weighted by Crippen LogP contribution is -2.27. The number of ether oxygens (including phenoxy) is 1. The van der Waals surface area contributed by atoms with E-state index in [2.05, 4.69) is 5.32 Å². The molecule has 3 rings (SSSR count). The Morgan fingerprint density at radius 2 is 1.62 bits per heavy atom. The lowest BCUT2D eigenvalue weighted by atomic mass is 10.1. The van der Waals surface area contributed by atoms with Crippen molar-refractivity contribution in [1.82, 2.24) is 9.62 Å². The van der Waals surface area contributed by atoms with E-state index in [0.29, 0.717) is 22.9 Å². The molecular formula is C24H25ClN2O4S. The zero-order valence-electron chi connectivity index (χ0n) is 18.1. The number of carbonyl (C=O) groups excluding carboxylic acids is 1. The first-order chi connectivity index (χ1) is 15.2. The predicted molar refractivity (Wildman–Crippen MR) is 125 cm³/mol. The number of para-hydroxylation sites is 1. The fraction of sp³-hybridized carbons (Fsp3) is 0.208. The number of sulfonamides is 1. The predicted octanol–water partition coefficient (Wildman–Crippen LogP) is 4.66. The topological polar surface area (TPSA) is 75.7 Å². The van der Waals surface area contributed by atoms with Gasteiger partial charge >= 0.3 is 0 Å². The van der Waals surface area contributed by atoms with E-state index in [-0.39, 0.29) is 16.8 Å². The van der Waals surface area contributed by atoms with Gasteiger partial charge in [-0.2, -0.15) is 0 Å². The summed E-state index contributed by atoms with van der Waals surface area (Å²) in [7, 11) is -0.531. The van der Waals surface area contributed by atoms with Gasteiger partial charge in [-0.25, -0.2) is 12.7 Å². The van der Waals surface area contributed by atoms with Crippen LogP contribution in [0.1, 0.15) is 34.5 Å². The van der Waals surface area contributed by atoms with Crippen molar-refractivity contribution >= 4 is 27.5 Å². The van der Waals surface area contributed by atoms with Crippen LogP contribution in [-0.4, -0.2) is 32.7 Å².